The van der Waals surface area contributed by atoms with Crippen LogP contribution in [-0.2, 0) is 4.79 Å². The summed E-state index contributed by atoms with van der Waals surface area (Å²) in [6.45, 7) is -0.214. The molecule has 0 unspecified atom stereocenters. The molecule has 0 bridgehead atoms. The number of primary amides is 1. The van der Waals surface area contributed by atoms with Crippen molar-refractivity contribution >= 4 is 11.8 Å². The molecule has 6 nitrogen and oxygen atoms in total. The average Bonchev–Trinajstić information content (AvgIpc) is 2.34. The van der Waals surface area contributed by atoms with Gasteiger partial charge in [-0.25, -0.2) is 0 Å². The van der Waals surface area contributed by atoms with Gasteiger partial charge in [-0.15, -0.1) is 0 Å². The fourth-order valence-corrected chi connectivity index (χ4v) is 1.25. The van der Waals surface area contributed by atoms with E-state index in [0.29, 0.717) is 17.1 Å². The second-order valence-electron chi connectivity index (χ2n) is 3.22. The first kappa shape index (κ1) is 12.8. The number of amides is 2. The number of nitrogens with one attached hydrogen (secondary N) is 1. The molecule has 0 aliphatic carbocycles. The lowest BCUT2D eigenvalue weighted by Crippen LogP contribution is -2.33. The molecule has 0 radical (unpaired) electrons. The number of nitrogens with two attached hydrogens (primary N) is 1. The Hall–Kier alpha value is -2.24. The van der Waals surface area contributed by atoms with Crippen LogP contribution in [0.1, 0.15) is 10.4 Å². The lowest BCUT2D eigenvalue weighted by Gasteiger charge is -2.09. The number of carbonyl (C=O) groups is 2. The Balaban J connectivity index is 2.89. The molecule has 1 aromatic carbocycles. The third kappa shape index (κ3) is 3.37. The van der Waals surface area contributed by atoms with E-state index in [0.717, 1.165) is 0 Å². The molecule has 0 saturated heterocycles. The fraction of sp³-hybridized carbons (Fsp3) is 0.273. The predicted molar refractivity (Wildman–Crippen MR) is 61.1 cm³/mol. The molecule has 0 heterocycles. The van der Waals surface area contributed by atoms with Crippen molar-refractivity contribution in [2.75, 3.05) is 20.8 Å². The predicted octanol–water partition coefficient (Wildman–Crippen LogP) is -0.0811. The number of ether oxygens (including phenoxy) is 2. The van der Waals surface area contributed by atoms with Crippen LogP contribution in [-0.4, -0.2) is 32.6 Å². The van der Waals surface area contributed by atoms with Crippen LogP contribution in [0.15, 0.2) is 18.2 Å². The van der Waals surface area contributed by atoms with E-state index in [9.17, 15) is 9.59 Å². The third-order valence-electron chi connectivity index (χ3n) is 2.08. The summed E-state index contributed by atoms with van der Waals surface area (Å²) in [5.41, 5.74) is 5.24. The van der Waals surface area contributed by atoms with Crippen LogP contribution in [0.3, 0.4) is 0 Å². The van der Waals surface area contributed by atoms with E-state index >= 15 is 0 Å². The van der Waals surface area contributed by atoms with Crippen molar-refractivity contribution in [1.82, 2.24) is 5.32 Å². The maximum Gasteiger partial charge on any atom is 0.255 e. The van der Waals surface area contributed by atoms with Gasteiger partial charge >= 0.3 is 0 Å². The number of carbonyl (C=O) groups excluding carboxylic acids is 2. The fourth-order valence-electron chi connectivity index (χ4n) is 1.25. The highest BCUT2D eigenvalue weighted by Crippen LogP contribution is 2.24. The Morgan fingerprint density at radius 1 is 1.29 bits per heavy atom. The summed E-state index contributed by atoms with van der Waals surface area (Å²) in [7, 11) is 2.96. The Labute approximate surface area is 98.7 Å². The van der Waals surface area contributed by atoms with Gasteiger partial charge < -0.3 is 20.5 Å². The van der Waals surface area contributed by atoms with Crippen molar-refractivity contribution in [3.05, 3.63) is 23.8 Å². The van der Waals surface area contributed by atoms with Crippen molar-refractivity contribution in [2.24, 2.45) is 5.73 Å². The highest BCUT2D eigenvalue weighted by molar-refractivity contribution is 5.98. The molecule has 1 aromatic rings. The first-order valence-corrected chi connectivity index (χ1v) is 4.87. The molecule has 1 rings (SSSR count). The molecule has 0 spiro atoms. The van der Waals surface area contributed by atoms with Gasteiger partial charge in [0, 0.05) is 6.07 Å². The topological polar surface area (TPSA) is 90.6 Å². The summed E-state index contributed by atoms with van der Waals surface area (Å²) >= 11 is 0. The number of methoxy groups -OCH3 is 2. The summed E-state index contributed by atoms with van der Waals surface area (Å²) in [5, 5.41) is 2.38. The van der Waals surface area contributed by atoms with E-state index in [1.807, 2.05) is 0 Å². The summed E-state index contributed by atoms with van der Waals surface area (Å²) in [5.74, 6) is -0.0891. The Morgan fingerprint density at radius 2 is 2.00 bits per heavy atom. The van der Waals surface area contributed by atoms with Gasteiger partial charge in [-0.05, 0) is 12.1 Å². The van der Waals surface area contributed by atoms with Gasteiger partial charge in [-0.2, -0.15) is 0 Å². The van der Waals surface area contributed by atoms with Crippen molar-refractivity contribution in [3.8, 4) is 11.5 Å². The lowest BCUT2D eigenvalue weighted by atomic mass is 10.1. The SMILES string of the molecule is COc1ccc(C(=O)NCC(N)=O)c(OC)c1. The molecule has 3 N–H and O–H groups in total. The summed E-state index contributed by atoms with van der Waals surface area (Å²) < 4.78 is 10.1. The first-order valence-electron chi connectivity index (χ1n) is 4.87. The second-order valence-corrected chi connectivity index (χ2v) is 3.22. The molecule has 2 amide bonds. The van der Waals surface area contributed by atoms with Crippen LogP contribution in [0.25, 0.3) is 0 Å². The Bertz CT molecular complexity index is 431. The molecule has 0 aliphatic heterocycles. The van der Waals surface area contributed by atoms with Gasteiger partial charge in [-0.3, -0.25) is 9.59 Å². The van der Waals surface area contributed by atoms with E-state index in [4.69, 9.17) is 15.2 Å². The van der Waals surface area contributed by atoms with Crippen molar-refractivity contribution in [2.45, 2.75) is 0 Å². The van der Waals surface area contributed by atoms with Crippen LogP contribution in [0.4, 0.5) is 0 Å². The van der Waals surface area contributed by atoms with Gasteiger partial charge in [0.1, 0.15) is 11.5 Å². The largest absolute Gasteiger partial charge is 0.497 e. The number of hydrogen-bond acceptors (Lipinski definition) is 4. The summed E-state index contributed by atoms with van der Waals surface area (Å²) in [6.07, 6.45) is 0. The van der Waals surface area contributed by atoms with Gasteiger partial charge in [0.2, 0.25) is 5.91 Å². The number of rotatable bonds is 5. The van der Waals surface area contributed by atoms with Crippen LogP contribution in [0.5, 0.6) is 11.5 Å². The highest BCUT2D eigenvalue weighted by atomic mass is 16.5. The van der Waals surface area contributed by atoms with Crippen molar-refractivity contribution in [3.63, 3.8) is 0 Å². The molecular weight excluding hydrogens is 224 g/mol. The maximum atomic E-state index is 11.7. The number of benzene rings is 1. The average molecular weight is 238 g/mol. The zero-order valence-electron chi connectivity index (χ0n) is 9.65. The standard InChI is InChI=1S/C11H14N2O4/c1-16-7-3-4-8(9(5-7)17-2)11(15)13-6-10(12)14/h3-5H,6H2,1-2H3,(H2,12,14)(H,13,15). The monoisotopic (exact) mass is 238 g/mol. The summed E-state index contributed by atoms with van der Waals surface area (Å²) in [4.78, 5) is 22.2. The molecule has 0 saturated carbocycles. The van der Waals surface area contributed by atoms with E-state index in [1.165, 1.54) is 14.2 Å². The normalized spacial score (nSPS) is 9.53. The molecule has 0 aromatic heterocycles. The van der Waals surface area contributed by atoms with Crippen LogP contribution < -0.4 is 20.5 Å². The maximum absolute atomic E-state index is 11.7. The minimum atomic E-state index is -0.606. The highest BCUT2D eigenvalue weighted by Gasteiger charge is 2.13. The van der Waals surface area contributed by atoms with Gasteiger partial charge in [0.15, 0.2) is 0 Å². The molecule has 0 atom stereocenters. The zero-order chi connectivity index (χ0) is 12.8. The lowest BCUT2D eigenvalue weighted by molar-refractivity contribution is -0.117. The molecule has 17 heavy (non-hydrogen) atoms. The van der Waals surface area contributed by atoms with Crippen LogP contribution in [0, 0.1) is 0 Å². The minimum absolute atomic E-state index is 0.214. The summed E-state index contributed by atoms with van der Waals surface area (Å²) in [6, 6.07) is 4.76. The van der Waals surface area contributed by atoms with Crippen molar-refractivity contribution < 1.29 is 19.1 Å². The molecule has 0 fully saturated rings. The van der Waals surface area contributed by atoms with E-state index < -0.39 is 11.8 Å². The molecule has 0 aliphatic rings. The van der Waals surface area contributed by atoms with Crippen LogP contribution in [0.2, 0.25) is 0 Å². The minimum Gasteiger partial charge on any atom is -0.497 e. The molecule has 6 heteroatoms. The third-order valence-corrected chi connectivity index (χ3v) is 2.08. The quantitative estimate of drug-likeness (QED) is 0.750. The molecule has 92 valence electrons. The second kappa shape index (κ2) is 5.74. The Kier molecular flexibility index (Phi) is 4.33. The van der Waals surface area contributed by atoms with E-state index in [2.05, 4.69) is 5.32 Å². The van der Waals surface area contributed by atoms with E-state index in [1.54, 1.807) is 18.2 Å². The first-order chi connectivity index (χ1) is 8.08. The van der Waals surface area contributed by atoms with Gasteiger partial charge in [0.25, 0.3) is 5.91 Å². The Morgan fingerprint density at radius 3 is 2.53 bits per heavy atom. The van der Waals surface area contributed by atoms with Crippen molar-refractivity contribution in [1.29, 1.82) is 0 Å². The van der Waals surface area contributed by atoms with Gasteiger partial charge in [-0.1, -0.05) is 0 Å². The molecular formula is C11H14N2O4. The van der Waals surface area contributed by atoms with Crippen LogP contribution >= 0.6 is 0 Å². The van der Waals surface area contributed by atoms with E-state index in [-0.39, 0.29) is 6.54 Å². The number of hydrogen-bond donors (Lipinski definition) is 2. The zero-order valence-corrected chi connectivity index (χ0v) is 9.65. The van der Waals surface area contributed by atoms with Gasteiger partial charge in [0.05, 0.1) is 26.3 Å². The smallest absolute Gasteiger partial charge is 0.255 e.